The van der Waals surface area contributed by atoms with Gasteiger partial charge in [0.15, 0.2) is 0 Å². The predicted molar refractivity (Wildman–Crippen MR) is 151 cm³/mol. The van der Waals surface area contributed by atoms with Crippen LogP contribution in [0.4, 0.5) is 5.69 Å². The number of phosphoric acid groups is 3. The van der Waals surface area contributed by atoms with E-state index >= 15 is 0 Å². The van der Waals surface area contributed by atoms with E-state index in [-0.39, 0.29) is 30.4 Å². The number of rotatable bonds is 13. The molecule has 19 nitrogen and oxygen atoms in total. The summed E-state index contributed by atoms with van der Waals surface area (Å²) in [5.41, 5.74) is 6.12. The molecular formula is C22H33N4O15P3. The Morgan fingerprint density at radius 3 is 2.41 bits per heavy atom. The quantitative estimate of drug-likeness (QED) is 0.0987. The molecule has 0 spiro atoms. The van der Waals surface area contributed by atoms with Gasteiger partial charge in [0.05, 0.1) is 35.9 Å². The molecule has 3 rings (SSSR count). The highest BCUT2D eigenvalue weighted by Crippen LogP contribution is 2.66. The van der Waals surface area contributed by atoms with Gasteiger partial charge in [0.25, 0.3) is 5.69 Å². The maximum atomic E-state index is 12.0. The first kappa shape index (κ1) is 36.1. The number of ether oxygens (including phenoxy) is 2. The van der Waals surface area contributed by atoms with Crippen molar-refractivity contribution in [2.24, 2.45) is 16.1 Å². The summed E-state index contributed by atoms with van der Waals surface area (Å²) < 4.78 is 58.1. The highest BCUT2D eigenvalue weighted by Gasteiger charge is 2.44. The summed E-state index contributed by atoms with van der Waals surface area (Å²) in [6, 6.07) is 6.19. The minimum atomic E-state index is -5.72. The summed E-state index contributed by atoms with van der Waals surface area (Å²) in [5, 5.41) is 22.1. The molecule has 6 atom stereocenters. The van der Waals surface area contributed by atoms with Crippen molar-refractivity contribution in [1.29, 1.82) is 0 Å². The van der Waals surface area contributed by atoms with Crippen molar-refractivity contribution < 1.29 is 65.9 Å². The summed E-state index contributed by atoms with van der Waals surface area (Å²) >= 11 is 0. The van der Waals surface area contributed by atoms with Gasteiger partial charge in [-0.15, -0.1) is 0 Å². The molecule has 44 heavy (non-hydrogen) atoms. The van der Waals surface area contributed by atoms with E-state index < -0.39 is 65.0 Å². The van der Waals surface area contributed by atoms with Gasteiger partial charge in [-0.05, 0) is 11.5 Å². The number of nitrogens with two attached hydrogens (primary N) is 1. The van der Waals surface area contributed by atoms with Crippen LogP contribution in [0.25, 0.3) is 0 Å². The number of hydrogen-bond acceptors (Lipinski definition) is 14. The van der Waals surface area contributed by atoms with Crippen LogP contribution in [0.3, 0.4) is 0 Å². The summed E-state index contributed by atoms with van der Waals surface area (Å²) in [6.07, 6.45) is -2.91. The SMILES string of the molecule is C=C1N=C(N)C(CO[C@@H](c2ccccc2[N+](=O)[O-])C(C)(C)C)=CN1[C@H]1CC(O)[C@@H](COP(=O)(O)OP(=O)(O)OP(=O)(O)O)O1. The lowest BCUT2D eigenvalue weighted by Crippen LogP contribution is -2.36. The van der Waals surface area contributed by atoms with Crippen LogP contribution in [0.2, 0.25) is 0 Å². The van der Waals surface area contributed by atoms with Gasteiger partial charge in [0, 0.05) is 24.3 Å². The topological polar surface area (TPSA) is 283 Å². The molecule has 1 aromatic carbocycles. The molecule has 2 aliphatic rings. The molecule has 1 aromatic rings. The normalized spacial score (nSPS) is 24.7. The number of amidine groups is 1. The molecular weight excluding hydrogens is 653 g/mol. The summed E-state index contributed by atoms with van der Waals surface area (Å²) in [7, 11) is -16.7. The first-order chi connectivity index (χ1) is 20.1. The van der Waals surface area contributed by atoms with Crippen molar-refractivity contribution in [2.75, 3.05) is 13.2 Å². The van der Waals surface area contributed by atoms with Crippen molar-refractivity contribution >= 4 is 35.0 Å². The maximum Gasteiger partial charge on any atom is 0.490 e. The highest BCUT2D eigenvalue weighted by atomic mass is 31.3. The Morgan fingerprint density at radius 1 is 1.18 bits per heavy atom. The van der Waals surface area contributed by atoms with Gasteiger partial charge in [-0.3, -0.25) is 14.6 Å². The Hall–Kier alpha value is -2.34. The van der Waals surface area contributed by atoms with E-state index in [1.54, 1.807) is 18.2 Å². The molecule has 7 N–H and O–H groups in total. The summed E-state index contributed by atoms with van der Waals surface area (Å²) in [4.78, 5) is 53.0. The third kappa shape index (κ3) is 9.83. The second-order valence-corrected chi connectivity index (χ2v) is 15.1. The molecule has 22 heteroatoms. The van der Waals surface area contributed by atoms with Gasteiger partial charge in [0.2, 0.25) is 0 Å². The van der Waals surface area contributed by atoms with Crippen molar-refractivity contribution in [3.63, 3.8) is 0 Å². The molecule has 0 aromatic heterocycles. The number of phosphoric ester groups is 1. The van der Waals surface area contributed by atoms with Crippen molar-refractivity contribution in [2.45, 2.75) is 51.7 Å². The number of aliphatic hydroxyl groups is 1. The number of para-hydroxylation sites is 1. The molecule has 2 aliphatic heterocycles. The molecule has 0 amide bonds. The first-order valence-electron chi connectivity index (χ1n) is 12.6. The number of nitro groups is 1. The lowest BCUT2D eigenvalue weighted by molar-refractivity contribution is -0.386. The molecule has 0 bridgehead atoms. The fraction of sp³-hybridized carbons (Fsp3) is 0.500. The Balaban J connectivity index is 1.71. The van der Waals surface area contributed by atoms with Gasteiger partial charge in [0.1, 0.15) is 24.0 Å². The summed E-state index contributed by atoms with van der Waals surface area (Å²) in [5.74, 6) is 0.146. The van der Waals surface area contributed by atoms with Crippen molar-refractivity contribution in [1.82, 2.24) is 4.90 Å². The largest absolute Gasteiger partial charge is 0.490 e. The molecule has 0 radical (unpaired) electrons. The standard InChI is InChI=1S/C22H33N4O15P3/c1-13-24-21(23)14(11-37-20(22(2,3)4)15-7-5-6-8-16(15)26(28)29)10-25(13)19-9-17(27)18(39-19)12-38-43(33,34)41-44(35,36)40-42(30,31)32/h5-8,10,17-20,27H,1,9,11-12H2,2-4H3,(H2,23,24)(H,33,34)(H,35,36)(H2,30,31,32)/t17?,18-,19-,20+/m1/s1. The number of benzene rings is 1. The Labute approximate surface area is 251 Å². The van der Waals surface area contributed by atoms with Crippen LogP contribution in [-0.4, -0.2) is 72.0 Å². The number of nitro benzene ring substituents is 1. The fourth-order valence-corrected chi connectivity index (χ4v) is 7.33. The third-order valence-electron chi connectivity index (χ3n) is 6.11. The Kier molecular flexibility index (Phi) is 11.1. The lowest BCUT2D eigenvalue weighted by Gasteiger charge is -2.33. The monoisotopic (exact) mass is 686 g/mol. The second-order valence-electron chi connectivity index (χ2n) is 10.7. The summed E-state index contributed by atoms with van der Waals surface area (Å²) in [6.45, 7) is 8.36. The van der Waals surface area contributed by atoms with E-state index in [0.29, 0.717) is 11.1 Å². The van der Waals surface area contributed by atoms with Gasteiger partial charge < -0.3 is 44.8 Å². The smallest absolute Gasteiger partial charge is 0.390 e. The van der Waals surface area contributed by atoms with Crippen LogP contribution in [0.1, 0.15) is 38.9 Å². The van der Waals surface area contributed by atoms with E-state index in [4.69, 9.17) is 25.0 Å². The molecule has 3 unspecified atom stereocenters. The van der Waals surface area contributed by atoms with E-state index in [1.807, 2.05) is 20.8 Å². The number of aliphatic imine (C=N–C) groups is 1. The maximum absolute atomic E-state index is 12.0. The van der Waals surface area contributed by atoms with Gasteiger partial charge in [-0.25, -0.2) is 18.7 Å². The number of nitrogens with zero attached hydrogens (tertiary/aromatic N) is 3. The molecule has 246 valence electrons. The van der Waals surface area contributed by atoms with Crippen LogP contribution < -0.4 is 5.73 Å². The molecule has 2 heterocycles. The Bertz CT molecular complexity index is 1470. The fourth-order valence-electron chi connectivity index (χ4n) is 4.30. The zero-order valence-corrected chi connectivity index (χ0v) is 26.3. The van der Waals surface area contributed by atoms with Crippen LogP contribution >= 0.6 is 23.5 Å². The van der Waals surface area contributed by atoms with Crippen LogP contribution in [0, 0.1) is 15.5 Å². The number of aliphatic hydroxyl groups excluding tert-OH is 1. The first-order valence-corrected chi connectivity index (χ1v) is 17.1. The average molecular weight is 686 g/mol. The molecule has 0 aliphatic carbocycles. The average Bonchev–Trinajstić information content (AvgIpc) is 3.21. The third-order valence-corrected chi connectivity index (χ3v) is 9.91. The van der Waals surface area contributed by atoms with Gasteiger partial charge >= 0.3 is 23.5 Å². The van der Waals surface area contributed by atoms with E-state index in [0.717, 1.165) is 0 Å². The lowest BCUT2D eigenvalue weighted by atomic mass is 9.84. The molecule has 1 fully saturated rings. The minimum Gasteiger partial charge on any atom is -0.390 e. The zero-order valence-electron chi connectivity index (χ0n) is 23.6. The minimum absolute atomic E-state index is 0.0456. The second kappa shape index (κ2) is 13.6. The highest BCUT2D eigenvalue weighted by molar-refractivity contribution is 7.66. The van der Waals surface area contributed by atoms with E-state index in [1.165, 1.54) is 17.2 Å². The van der Waals surface area contributed by atoms with Gasteiger partial charge in [-0.2, -0.15) is 8.62 Å². The predicted octanol–water partition coefficient (Wildman–Crippen LogP) is 2.55. The Morgan fingerprint density at radius 2 is 1.82 bits per heavy atom. The van der Waals surface area contributed by atoms with Gasteiger partial charge in [-0.1, -0.05) is 39.5 Å². The van der Waals surface area contributed by atoms with Crippen LogP contribution in [-0.2, 0) is 36.3 Å². The number of hydrogen-bond donors (Lipinski definition) is 6. The van der Waals surface area contributed by atoms with E-state index in [2.05, 4.69) is 24.7 Å². The zero-order chi connectivity index (χ0) is 33.3. The van der Waals surface area contributed by atoms with Crippen molar-refractivity contribution in [3.05, 3.63) is 64.1 Å². The van der Waals surface area contributed by atoms with Crippen LogP contribution in [0.5, 0.6) is 0 Å². The molecule has 0 saturated carbocycles. The van der Waals surface area contributed by atoms with E-state index in [9.17, 15) is 38.7 Å². The molecule has 1 saturated heterocycles. The van der Waals surface area contributed by atoms with Crippen molar-refractivity contribution in [3.8, 4) is 0 Å². The van der Waals surface area contributed by atoms with Crippen LogP contribution in [0.15, 0.2) is 53.4 Å².